The second-order valence-corrected chi connectivity index (χ2v) is 8.79. The second-order valence-electron chi connectivity index (χ2n) is 6.79. The van der Waals surface area contributed by atoms with E-state index in [0.717, 1.165) is 25.7 Å². The van der Waals surface area contributed by atoms with Crippen molar-refractivity contribution >= 4 is 15.9 Å². The van der Waals surface area contributed by atoms with E-state index >= 15 is 0 Å². The Bertz CT molecular complexity index is 695. The van der Waals surface area contributed by atoms with Crippen molar-refractivity contribution in [1.82, 2.24) is 9.62 Å². The largest absolute Gasteiger partial charge is 0.345 e. The van der Waals surface area contributed by atoms with Gasteiger partial charge in [-0.3, -0.25) is 4.79 Å². The van der Waals surface area contributed by atoms with Crippen molar-refractivity contribution in [3.8, 4) is 0 Å². The maximum Gasteiger partial charge on any atom is 0.251 e. The average Bonchev–Trinajstić information content (AvgIpc) is 3.03. The molecule has 1 saturated carbocycles. The van der Waals surface area contributed by atoms with Crippen LogP contribution in [-0.4, -0.2) is 43.8 Å². The quantitative estimate of drug-likeness (QED) is 0.814. The van der Waals surface area contributed by atoms with Gasteiger partial charge in [0.1, 0.15) is 0 Å². The lowest BCUT2D eigenvalue weighted by Crippen LogP contribution is -2.51. The van der Waals surface area contributed by atoms with Gasteiger partial charge >= 0.3 is 0 Å². The zero-order valence-corrected chi connectivity index (χ0v) is 15.4. The molecule has 7 heteroatoms. The minimum absolute atomic E-state index is 0.125. The first kappa shape index (κ1) is 18.9. The first-order valence-electron chi connectivity index (χ1n) is 8.32. The van der Waals surface area contributed by atoms with Gasteiger partial charge in [0.05, 0.1) is 10.4 Å². The van der Waals surface area contributed by atoms with E-state index in [2.05, 4.69) is 5.32 Å². The smallest absolute Gasteiger partial charge is 0.251 e. The molecule has 0 atom stereocenters. The predicted molar refractivity (Wildman–Crippen MR) is 94.2 cm³/mol. The molecule has 0 unspecified atom stereocenters. The first-order chi connectivity index (χ1) is 11.2. The van der Waals surface area contributed by atoms with Gasteiger partial charge in [0, 0.05) is 25.2 Å². The van der Waals surface area contributed by atoms with Crippen molar-refractivity contribution < 1.29 is 13.2 Å². The highest BCUT2D eigenvalue weighted by molar-refractivity contribution is 7.89. The number of nitrogens with one attached hydrogen (secondary N) is 1. The number of hydrogen-bond donors (Lipinski definition) is 2. The van der Waals surface area contributed by atoms with Crippen LogP contribution in [0.2, 0.25) is 0 Å². The van der Waals surface area contributed by atoms with Crippen molar-refractivity contribution in [1.29, 1.82) is 0 Å². The van der Waals surface area contributed by atoms with Crippen LogP contribution in [0.5, 0.6) is 0 Å². The molecular formula is C17H27N3O3S. The Morgan fingerprint density at radius 2 is 1.96 bits per heavy atom. The van der Waals surface area contributed by atoms with Crippen molar-refractivity contribution in [3.05, 3.63) is 29.8 Å². The van der Waals surface area contributed by atoms with Crippen LogP contribution in [-0.2, 0) is 10.0 Å². The molecule has 3 N–H and O–H groups in total. The van der Waals surface area contributed by atoms with Crippen molar-refractivity contribution in [3.63, 3.8) is 0 Å². The third kappa shape index (κ3) is 3.79. The van der Waals surface area contributed by atoms with Crippen LogP contribution in [0.25, 0.3) is 0 Å². The van der Waals surface area contributed by atoms with Crippen LogP contribution in [0.15, 0.2) is 29.2 Å². The fourth-order valence-corrected chi connectivity index (χ4v) is 4.40. The summed E-state index contributed by atoms with van der Waals surface area (Å²) in [6, 6.07) is 6.01. The van der Waals surface area contributed by atoms with E-state index in [0.29, 0.717) is 12.1 Å². The molecule has 1 fully saturated rings. The SMILES string of the molecule is CC(C)N(C)S(=O)(=O)c1cccc(C(=O)NC2(CN)CCCC2)c1. The molecule has 0 radical (unpaired) electrons. The molecule has 1 aliphatic carbocycles. The predicted octanol–water partition coefficient (Wildman–Crippen LogP) is 1.72. The van der Waals surface area contributed by atoms with Crippen LogP contribution in [0.3, 0.4) is 0 Å². The molecule has 134 valence electrons. The lowest BCUT2D eigenvalue weighted by molar-refractivity contribution is 0.0903. The van der Waals surface area contributed by atoms with Gasteiger partial charge in [-0.2, -0.15) is 4.31 Å². The molecule has 0 bridgehead atoms. The van der Waals surface area contributed by atoms with Crippen molar-refractivity contribution in [2.24, 2.45) is 5.73 Å². The number of benzene rings is 1. The molecule has 1 amide bonds. The standard InChI is InChI=1S/C17H27N3O3S/c1-13(2)20(3)24(22,23)15-8-6-7-14(11-15)16(21)19-17(12-18)9-4-5-10-17/h6-8,11,13H,4-5,9-10,12,18H2,1-3H3,(H,19,21). The monoisotopic (exact) mass is 353 g/mol. The summed E-state index contributed by atoms with van der Waals surface area (Å²) in [5.41, 5.74) is 5.83. The van der Waals surface area contributed by atoms with Crippen LogP contribution >= 0.6 is 0 Å². The van der Waals surface area contributed by atoms with Gasteiger partial charge < -0.3 is 11.1 Å². The molecule has 24 heavy (non-hydrogen) atoms. The molecule has 1 aliphatic rings. The summed E-state index contributed by atoms with van der Waals surface area (Å²) in [5, 5.41) is 3.02. The Hall–Kier alpha value is -1.44. The number of hydrogen-bond acceptors (Lipinski definition) is 4. The Kier molecular flexibility index (Phi) is 5.67. The first-order valence-corrected chi connectivity index (χ1v) is 9.76. The Balaban J connectivity index is 2.26. The van der Waals surface area contributed by atoms with Gasteiger partial charge in [-0.25, -0.2) is 8.42 Å². The summed E-state index contributed by atoms with van der Waals surface area (Å²) in [4.78, 5) is 12.7. The second kappa shape index (κ2) is 7.21. The van der Waals surface area contributed by atoms with E-state index in [1.54, 1.807) is 26.0 Å². The lowest BCUT2D eigenvalue weighted by atomic mass is 9.97. The fourth-order valence-electron chi connectivity index (χ4n) is 2.99. The normalized spacial score (nSPS) is 17.4. The molecule has 1 aromatic carbocycles. The third-order valence-electron chi connectivity index (χ3n) is 4.83. The highest BCUT2D eigenvalue weighted by Crippen LogP contribution is 2.29. The van der Waals surface area contributed by atoms with E-state index in [9.17, 15) is 13.2 Å². The summed E-state index contributed by atoms with van der Waals surface area (Å²) in [6.07, 6.45) is 3.82. The topological polar surface area (TPSA) is 92.5 Å². The van der Waals surface area contributed by atoms with E-state index in [1.165, 1.54) is 23.5 Å². The summed E-state index contributed by atoms with van der Waals surface area (Å²) >= 11 is 0. The molecule has 0 aromatic heterocycles. The lowest BCUT2D eigenvalue weighted by Gasteiger charge is -2.28. The number of rotatable bonds is 6. The molecule has 0 spiro atoms. The number of carbonyl (C=O) groups excluding carboxylic acids is 1. The summed E-state index contributed by atoms with van der Waals surface area (Å²) < 4.78 is 26.5. The minimum Gasteiger partial charge on any atom is -0.345 e. The Morgan fingerprint density at radius 3 is 2.50 bits per heavy atom. The molecule has 0 saturated heterocycles. The molecule has 1 aromatic rings. The number of nitrogens with zero attached hydrogens (tertiary/aromatic N) is 1. The number of nitrogens with two attached hydrogens (primary N) is 1. The van der Waals surface area contributed by atoms with Crippen LogP contribution in [0.4, 0.5) is 0 Å². The van der Waals surface area contributed by atoms with Crippen LogP contribution in [0, 0.1) is 0 Å². The third-order valence-corrected chi connectivity index (χ3v) is 6.86. The number of sulfonamides is 1. The molecule has 0 aliphatic heterocycles. The maximum absolute atomic E-state index is 12.6. The Morgan fingerprint density at radius 1 is 1.33 bits per heavy atom. The summed E-state index contributed by atoms with van der Waals surface area (Å²) in [5.74, 6) is -0.272. The van der Waals surface area contributed by atoms with Gasteiger partial charge in [-0.15, -0.1) is 0 Å². The van der Waals surface area contributed by atoms with Crippen molar-refractivity contribution in [2.75, 3.05) is 13.6 Å². The fraction of sp³-hybridized carbons (Fsp3) is 0.588. The van der Waals surface area contributed by atoms with E-state index in [1.807, 2.05) is 0 Å². The zero-order chi connectivity index (χ0) is 18.0. The van der Waals surface area contributed by atoms with E-state index in [4.69, 9.17) is 5.73 Å². The van der Waals surface area contributed by atoms with Crippen LogP contribution in [0.1, 0.15) is 49.9 Å². The number of amides is 1. The maximum atomic E-state index is 12.6. The van der Waals surface area contributed by atoms with Gasteiger partial charge in [-0.1, -0.05) is 18.9 Å². The highest BCUT2D eigenvalue weighted by Gasteiger charge is 2.34. The summed E-state index contributed by atoms with van der Waals surface area (Å²) in [7, 11) is -2.08. The van der Waals surface area contributed by atoms with Gasteiger partial charge in [-0.05, 0) is 44.9 Å². The van der Waals surface area contributed by atoms with Gasteiger partial charge in [0.25, 0.3) is 5.91 Å². The molecule has 6 nitrogen and oxygen atoms in total. The zero-order valence-electron chi connectivity index (χ0n) is 14.6. The van der Waals surface area contributed by atoms with Crippen LogP contribution < -0.4 is 11.1 Å². The highest BCUT2D eigenvalue weighted by atomic mass is 32.2. The van der Waals surface area contributed by atoms with Gasteiger partial charge in [0.2, 0.25) is 10.0 Å². The number of carbonyl (C=O) groups is 1. The summed E-state index contributed by atoms with van der Waals surface area (Å²) in [6.45, 7) is 4.01. The average molecular weight is 353 g/mol. The molecule has 0 heterocycles. The molecule has 2 rings (SSSR count). The minimum atomic E-state index is -3.61. The molecular weight excluding hydrogens is 326 g/mol. The Labute approximate surface area is 144 Å². The van der Waals surface area contributed by atoms with E-state index in [-0.39, 0.29) is 22.4 Å². The van der Waals surface area contributed by atoms with Gasteiger partial charge in [0.15, 0.2) is 0 Å². The van der Waals surface area contributed by atoms with Crippen molar-refractivity contribution in [2.45, 2.75) is 56.0 Å². The van der Waals surface area contributed by atoms with E-state index < -0.39 is 10.0 Å².